The van der Waals surface area contributed by atoms with E-state index in [4.69, 9.17) is 4.74 Å². The van der Waals surface area contributed by atoms with Crippen LogP contribution in [0.25, 0.3) is 11.0 Å². The van der Waals surface area contributed by atoms with Crippen molar-refractivity contribution in [3.05, 3.63) is 65.0 Å². The highest BCUT2D eigenvalue weighted by Crippen LogP contribution is 2.40. The normalized spacial score (nSPS) is 17.7. The number of aromatic nitrogens is 2. The van der Waals surface area contributed by atoms with Crippen molar-refractivity contribution in [2.45, 2.75) is 38.7 Å². The number of rotatable bonds is 1. The van der Waals surface area contributed by atoms with E-state index in [2.05, 4.69) is 9.97 Å². The Bertz CT molecular complexity index is 1180. The SMILES string of the molecule is Cc1cc2c(cc1C)C(=O)CC1(CCN(C(=O)c3ccc4nccnc4c3)CC1)O2. The van der Waals surface area contributed by atoms with Crippen LogP contribution in [0.2, 0.25) is 0 Å². The van der Waals surface area contributed by atoms with Gasteiger partial charge >= 0.3 is 0 Å². The van der Waals surface area contributed by atoms with Gasteiger partial charge in [-0.1, -0.05) is 0 Å². The molecule has 3 aromatic rings. The predicted octanol–water partition coefficient (Wildman–Crippen LogP) is 3.89. The fourth-order valence-corrected chi connectivity index (χ4v) is 4.42. The van der Waals surface area contributed by atoms with Gasteiger partial charge in [-0.25, -0.2) is 0 Å². The van der Waals surface area contributed by atoms with Crippen LogP contribution in [-0.2, 0) is 0 Å². The lowest BCUT2D eigenvalue weighted by Crippen LogP contribution is -2.52. The fraction of sp³-hybridized carbons (Fsp3) is 0.333. The predicted molar refractivity (Wildman–Crippen MR) is 113 cm³/mol. The van der Waals surface area contributed by atoms with Gasteiger partial charge in [-0.15, -0.1) is 0 Å². The van der Waals surface area contributed by atoms with E-state index in [9.17, 15) is 9.59 Å². The third-order valence-electron chi connectivity index (χ3n) is 6.38. The highest BCUT2D eigenvalue weighted by Gasteiger charge is 2.43. The molecule has 30 heavy (non-hydrogen) atoms. The van der Waals surface area contributed by atoms with E-state index in [0.717, 1.165) is 16.6 Å². The Kier molecular flexibility index (Phi) is 4.31. The number of hydrogen-bond donors (Lipinski definition) is 0. The smallest absolute Gasteiger partial charge is 0.253 e. The Morgan fingerprint density at radius 2 is 1.70 bits per heavy atom. The van der Waals surface area contributed by atoms with Crippen molar-refractivity contribution >= 4 is 22.7 Å². The second-order valence-corrected chi connectivity index (χ2v) is 8.37. The van der Waals surface area contributed by atoms with Crippen molar-refractivity contribution < 1.29 is 14.3 Å². The summed E-state index contributed by atoms with van der Waals surface area (Å²) in [5.74, 6) is 0.792. The van der Waals surface area contributed by atoms with Gasteiger partial charge in [-0.3, -0.25) is 19.6 Å². The Hall–Kier alpha value is -3.28. The summed E-state index contributed by atoms with van der Waals surface area (Å²) in [6, 6.07) is 9.31. The summed E-state index contributed by atoms with van der Waals surface area (Å²) in [6.45, 7) is 5.16. The topological polar surface area (TPSA) is 72.4 Å². The number of nitrogens with zero attached hydrogens (tertiary/aromatic N) is 3. The van der Waals surface area contributed by atoms with Crippen LogP contribution in [0.3, 0.4) is 0 Å². The number of carbonyl (C=O) groups excluding carboxylic acids is 2. The molecule has 0 radical (unpaired) electrons. The van der Waals surface area contributed by atoms with Gasteiger partial charge in [-0.2, -0.15) is 0 Å². The monoisotopic (exact) mass is 401 g/mol. The molecule has 6 heteroatoms. The molecule has 152 valence electrons. The summed E-state index contributed by atoms with van der Waals surface area (Å²) in [6.07, 6.45) is 4.92. The molecule has 5 rings (SSSR count). The molecule has 3 heterocycles. The molecule has 6 nitrogen and oxygen atoms in total. The molecule has 1 amide bonds. The molecule has 0 aliphatic carbocycles. The van der Waals surface area contributed by atoms with E-state index >= 15 is 0 Å². The van der Waals surface area contributed by atoms with E-state index in [0.29, 0.717) is 54.7 Å². The number of carbonyl (C=O) groups is 2. The summed E-state index contributed by atoms with van der Waals surface area (Å²) in [5.41, 5.74) is 4.46. The minimum absolute atomic E-state index is 0.0218. The third kappa shape index (κ3) is 3.12. The molecule has 2 aromatic carbocycles. The van der Waals surface area contributed by atoms with Crippen molar-refractivity contribution in [1.29, 1.82) is 0 Å². The van der Waals surface area contributed by atoms with Gasteiger partial charge in [0.05, 0.1) is 23.0 Å². The summed E-state index contributed by atoms with van der Waals surface area (Å²) in [4.78, 5) is 36.2. The first kappa shape index (κ1) is 18.7. The van der Waals surface area contributed by atoms with Crippen molar-refractivity contribution in [3.63, 3.8) is 0 Å². The van der Waals surface area contributed by atoms with Crippen molar-refractivity contribution in [2.75, 3.05) is 13.1 Å². The van der Waals surface area contributed by atoms with E-state index in [1.54, 1.807) is 24.5 Å². The van der Waals surface area contributed by atoms with Crippen molar-refractivity contribution in [2.24, 2.45) is 0 Å². The summed E-state index contributed by atoms with van der Waals surface area (Å²) < 4.78 is 6.38. The van der Waals surface area contributed by atoms with Crippen LogP contribution in [0, 0.1) is 13.8 Å². The van der Waals surface area contributed by atoms with E-state index < -0.39 is 5.60 Å². The Labute approximate surface area is 174 Å². The van der Waals surface area contributed by atoms with E-state index in [1.807, 2.05) is 36.9 Å². The Balaban J connectivity index is 1.33. The number of ketones is 1. The molecular weight excluding hydrogens is 378 g/mol. The number of amides is 1. The third-order valence-corrected chi connectivity index (χ3v) is 6.38. The van der Waals surface area contributed by atoms with Gasteiger partial charge in [-0.05, 0) is 55.3 Å². The molecule has 1 saturated heterocycles. The minimum Gasteiger partial charge on any atom is -0.486 e. The lowest BCUT2D eigenvalue weighted by Gasteiger charge is -2.44. The van der Waals surface area contributed by atoms with E-state index in [1.165, 1.54) is 0 Å². The quantitative estimate of drug-likeness (QED) is 0.619. The van der Waals surface area contributed by atoms with Crippen molar-refractivity contribution in [1.82, 2.24) is 14.9 Å². The summed E-state index contributed by atoms with van der Waals surface area (Å²) in [7, 11) is 0. The van der Waals surface area contributed by atoms with Crippen LogP contribution < -0.4 is 4.74 Å². The molecule has 0 bridgehead atoms. The van der Waals surface area contributed by atoms with Crippen LogP contribution in [0.4, 0.5) is 0 Å². The molecule has 1 aromatic heterocycles. The number of aryl methyl sites for hydroxylation is 2. The summed E-state index contributed by atoms with van der Waals surface area (Å²) in [5, 5.41) is 0. The lowest BCUT2D eigenvalue weighted by molar-refractivity contribution is -0.00575. The molecule has 0 unspecified atom stereocenters. The Morgan fingerprint density at radius 3 is 2.47 bits per heavy atom. The summed E-state index contributed by atoms with van der Waals surface area (Å²) >= 11 is 0. The van der Waals surface area contributed by atoms with Crippen LogP contribution >= 0.6 is 0 Å². The van der Waals surface area contributed by atoms with Gasteiger partial charge in [0, 0.05) is 43.9 Å². The number of piperidine rings is 1. The molecule has 1 spiro atoms. The second-order valence-electron chi connectivity index (χ2n) is 8.37. The average Bonchev–Trinajstić information content (AvgIpc) is 2.75. The maximum atomic E-state index is 13.0. The molecule has 0 atom stereocenters. The van der Waals surface area contributed by atoms with Gasteiger partial charge in [0.15, 0.2) is 5.78 Å². The second kappa shape index (κ2) is 6.90. The largest absolute Gasteiger partial charge is 0.486 e. The highest BCUT2D eigenvalue weighted by atomic mass is 16.5. The van der Waals surface area contributed by atoms with E-state index in [-0.39, 0.29) is 11.7 Å². The molecule has 2 aliphatic heterocycles. The standard InChI is InChI=1S/C24H23N3O3/c1-15-11-18-21(28)14-24(30-22(18)12-16(15)2)5-9-27(10-6-24)23(29)17-3-4-19-20(13-17)26-8-7-25-19/h3-4,7-8,11-13H,5-6,9-10,14H2,1-2H3. The zero-order valence-electron chi connectivity index (χ0n) is 17.1. The average molecular weight is 401 g/mol. The first-order chi connectivity index (χ1) is 14.4. The number of fused-ring (bicyclic) bond motifs is 2. The maximum Gasteiger partial charge on any atom is 0.253 e. The molecule has 0 saturated carbocycles. The molecule has 2 aliphatic rings. The van der Waals surface area contributed by atoms with Gasteiger partial charge in [0.25, 0.3) is 5.91 Å². The lowest BCUT2D eigenvalue weighted by atomic mass is 9.81. The molecular formula is C24H23N3O3. The fourth-order valence-electron chi connectivity index (χ4n) is 4.42. The Morgan fingerprint density at radius 1 is 1.00 bits per heavy atom. The van der Waals surface area contributed by atoms with Crippen LogP contribution in [0.5, 0.6) is 5.75 Å². The minimum atomic E-state index is -0.516. The molecule has 0 N–H and O–H groups in total. The number of likely N-dealkylation sites (tertiary alicyclic amines) is 1. The van der Waals surface area contributed by atoms with Gasteiger partial charge < -0.3 is 9.64 Å². The van der Waals surface area contributed by atoms with Crippen LogP contribution in [0.1, 0.15) is 51.1 Å². The first-order valence-electron chi connectivity index (χ1n) is 10.3. The zero-order valence-corrected chi connectivity index (χ0v) is 17.1. The van der Waals surface area contributed by atoms with Crippen LogP contribution in [0.15, 0.2) is 42.7 Å². The van der Waals surface area contributed by atoms with Gasteiger partial charge in [0.2, 0.25) is 0 Å². The number of hydrogen-bond acceptors (Lipinski definition) is 5. The number of Topliss-reactive ketones (excluding diaryl/α,β-unsaturated/α-hetero) is 1. The molecule has 1 fully saturated rings. The highest BCUT2D eigenvalue weighted by molar-refractivity contribution is 6.01. The zero-order chi connectivity index (χ0) is 20.9. The first-order valence-corrected chi connectivity index (χ1v) is 10.3. The van der Waals surface area contributed by atoms with Crippen molar-refractivity contribution in [3.8, 4) is 5.75 Å². The number of ether oxygens (including phenoxy) is 1. The van der Waals surface area contributed by atoms with Gasteiger partial charge in [0.1, 0.15) is 11.4 Å². The number of benzene rings is 2. The maximum absolute atomic E-state index is 13.0. The van der Waals surface area contributed by atoms with Crippen LogP contribution in [-0.4, -0.2) is 45.2 Å².